The Morgan fingerprint density at radius 3 is 2.00 bits per heavy atom. The Bertz CT molecular complexity index is 1950. The predicted octanol–water partition coefficient (Wildman–Crippen LogP) is 4.92. The number of hydrogen-bond acceptors (Lipinski definition) is 16. The van der Waals surface area contributed by atoms with Crippen LogP contribution in [0.3, 0.4) is 0 Å². The Hall–Kier alpha value is -4.76. The number of allylic oxidation sites excluding steroid dienone is 1. The van der Waals surface area contributed by atoms with Gasteiger partial charge >= 0.3 is 47.8 Å². The Balaban J connectivity index is 2.08. The lowest BCUT2D eigenvalue weighted by Crippen LogP contribution is -2.76. The zero-order valence-electron chi connectivity index (χ0n) is 37.8. The highest BCUT2D eigenvalue weighted by Gasteiger charge is 2.90. The van der Waals surface area contributed by atoms with Gasteiger partial charge in [0.1, 0.15) is 36.6 Å². The average molecular weight is 859 g/mol. The smallest absolute Gasteiger partial charge is 0.333 e. The standard InChI is InChI=1S/C45H62O16/c1-15-22(2)37(51)60-30-18-41(11,25(5)38(52)55-14)31(17-34(50)54-13)43(21-56-26(6)46)35(30)45(24(4)36(43)59-29(9)49)23(3)16-32(57-27(7)47)42(12)33(58-28(8)48)19-40(10)20-44(42,45)61-39(40)53/h15-16,24-25,30-33,35-36H,17-21H2,1-14H3/b22-15+/t24-,25?,30+,31?,32-,33-,35-,36-,40-,41+,42-,43-,44+,45-/m0/s1. The molecular weight excluding hydrogens is 796 g/mol. The molecule has 14 atom stereocenters. The topological polar surface area (TPSA) is 210 Å². The van der Waals surface area contributed by atoms with E-state index in [1.807, 2.05) is 0 Å². The minimum absolute atomic E-state index is 0.00596. The minimum atomic E-state index is -1.82. The third-order valence-corrected chi connectivity index (χ3v) is 15.7. The fourth-order valence-electron chi connectivity index (χ4n) is 13.0. The normalized spacial score (nSPS) is 40.2. The van der Waals surface area contributed by atoms with Crippen molar-refractivity contribution in [3.05, 3.63) is 23.3 Å². The third kappa shape index (κ3) is 6.76. The highest BCUT2D eigenvalue weighted by atomic mass is 16.6. The van der Waals surface area contributed by atoms with Crippen LogP contribution in [0.2, 0.25) is 0 Å². The molecule has 5 rings (SSSR count). The Labute approximate surface area is 357 Å². The second-order valence-electron chi connectivity index (χ2n) is 18.7. The van der Waals surface area contributed by atoms with Gasteiger partial charge < -0.3 is 37.9 Å². The largest absolute Gasteiger partial charge is 0.469 e. The van der Waals surface area contributed by atoms with E-state index in [0.29, 0.717) is 5.57 Å². The molecule has 1 aliphatic heterocycles. The van der Waals surface area contributed by atoms with E-state index in [0.717, 1.165) is 0 Å². The Morgan fingerprint density at radius 1 is 0.869 bits per heavy atom. The van der Waals surface area contributed by atoms with Gasteiger partial charge in [-0.3, -0.25) is 33.6 Å². The molecule has 2 bridgehead atoms. The van der Waals surface area contributed by atoms with Gasteiger partial charge in [0.05, 0.1) is 36.4 Å². The van der Waals surface area contributed by atoms with Crippen LogP contribution < -0.4 is 0 Å². The van der Waals surface area contributed by atoms with Gasteiger partial charge in [0, 0.05) is 69.8 Å². The maximum absolute atomic E-state index is 14.7. The number of esters is 8. The second kappa shape index (κ2) is 16.2. The molecule has 4 aliphatic carbocycles. The van der Waals surface area contributed by atoms with E-state index < -0.39 is 142 Å². The van der Waals surface area contributed by atoms with Gasteiger partial charge in [0.2, 0.25) is 0 Å². The zero-order chi connectivity index (χ0) is 46.0. The fourth-order valence-corrected chi connectivity index (χ4v) is 13.0. The first-order valence-corrected chi connectivity index (χ1v) is 20.8. The molecule has 3 saturated carbocycles. The van der Waals surface area contributed by atoms with E-state index in [-0.39, 0.29) is 24.8 Å². The van der Waals surface area contributed by atoms with Crippen LogP contribution in [0.4, 0.5) is 0 Å². The zero-order valence-corrected chi connectivity index (χ0v) is 37.8. The van der Waals surface area contributed by atoms with Gasteiger partial charge in [-0.25, -0.2) is 4.79 Å². The van der Waals surface area contributed by atoms with Crippen LogP contribution in [0.1, 0.15) is 109 Å². The van der Waals surface area contributed by atoms with Crippen molar-refractivity contribution in [2.24, 2.45) is 50.7 Å². The van der Waals surface area contributed by atoms with Crippen molar-refractivity contribution in [2.45, 2.75) is 139 Å². The summed E-state index contributed by atoms with van der Waals surface area (Å²) in [7, 11) is 2.43. The van der Waals surface area contributed by atoms with Crippen LogP contribution in [0.5, 0.6) is 0 Å². The second-order valence-corrected chi connectivity index (χ2v) is 18.7. The molecule has 0 radical (unpaired) electrons. The van der Waals surface area contributed by atoms with E-state index in [1.54, 1.807) is 67.5 Å². The summed E-state index contributed by atoms with van der Waals surface area (Å²) in [5, 5.41) is 0. The molecule has 0 amide bonds. The first-order valence-electron chi connectivity index (χ1n) is 20.8. The number of ether oxygens (including phenoxy) is 8. The van der Waals surface area contributed by atoms with Crippen molar-refractivity contribution in [1.82, 2.24) is 0 Å². The molecule has 0 aromatic carbocycles. The van der Waals surface area contributed by atoms with Crippen molar-refractivity contribution in [3.8, 4) is 0 Å². The highest BCUT2D eigenvalue weighted by Crippen LogP contribution is 2.82. The molecule has 338 valence electrons. The Kier molecular flexibility index (Phi) is 12.5. The SMILES string of the molecule is C/C=C(\C)C(=O)O[C@@H]1C[C@](C)(C(C)C(=O)OC)C(CC(=O)OC)[C@]2(COC(C)=O)[C@@H](OC(C)=O)[C@H](C)[C@@]3(C(C)=C[C@H](OC(C)=O)[C@@]4(C)[C@@H](OC(C)=O)C[C@@]5(C)C[C@@]43OC5=O)[C@@H]12. The predicted molar refractivity (Wildman–Crippen MR) is 212 cm³/mol. The maximum atomic E-state index is 14.7. The number of rotatable bonds is 11. The van der Waals surface area contributed by atoms with Crippen LogP contribution in [-0.4, -0.2) is 98.6 Å². The van der Waals surface area contributed by atoms with E-state index in [1.165, 1.54) is 41.9 Å². The molecule has 2 unspecified atom stereocenters. The average Bonchev–Trinajstić information content (AvgIpc) is 3.54. The first-order chi connectivity index (χ1) is 28.2. The molecule has 61 heavy (non-hydrogen) atoms. The monoisotopic (exact) mass is 858 g/mol. The molecule has 0 aromatic rings. The Morgan fingerprint density at radius 2 is 1.48 bits per heavy atom. The lowest BCUT2D eigenvalue weighted by Gasteiger charge is -2.68. The number of hydrogen-bond donors (Lipinski definition) is 0. The van der Waals surface area contributed by atoms with E-state index in [4.69, 9.17) is 37.9 Å². The molecule has 4 fully saturated rings. The van der Waals surface area contributed by atoms with Gasteiger partial charge in [-0.05, 0) is 58.4 Å². The van der Waals surface area contributed by atoms with E-state index in [9.17, 15) is 38.4 Å². The number of fused-ring (bicyclic) bond motifs is 3. The molecule has 5 aliphatic rings. The molecule has 16 nitrogen and oxygen atoms in total. The summed E-state index contributed by atoms with van der Waals surface area (Å²) in [6.07, 6.45) is -2.13. The number of carbonyl (C=O) groups is 8. The summed E-state index contributed by atoms with van der Waals surface area (Å²) in [5.74, 6) is -9.75. The number of carbonyl (C=O) groups excluding carboxylic acids is 8. The van der Waals surface area contributed by atoms with Gasteiger partial charge in [-0.15, -0.1) is 0 Å². The highest BCUT2D eigenvalue weighted by molar-refractivity contribution is 5.88. The summed E-state index contributed by atoms with van der Waals surface area (Å²) < 4.78 is 49.0. The molecule has 16 heteroatoms. The third-order valence-electron chi connectivity index (χ3n) is 15.7. The van der Waals surface area contributed by atoms with Gasteiger partial charge in [-0.1, -0.05) is 32.4 Å². The van der Waals surface area contributed by atoms with Crippen LogP contribution in [-0.2, 0) is 76.3 Å². The van der Waals surface area contributed by atoms with Crippen LogP contribution in [0.25, 0.3) is 0 Å². The lowest BCUT2D eigenvalue weighted by atomic mass is 9.37. The van der Waals surface area contributed by atoms with Crippen molar-refractivity contribution >= 4 is 47.8 Å². The van der Waals surface area contributed by atoms with Crippen molar-refractivity contribution < 1.29 is 76.3 Å². The van der Waals surface area contributed by atoms with Gasteiger partial charge in [0.15, 0.2) is 0 Å². The summed E-state index contributed by atoms with van der Waals surface area (Å²) in [4.78, 5) is 110. The molecule has 2 spiro atoms. The first kappa shape index (κ1) is 47.3. The van der Waals surface area contributed by atoms with Crippen molar-refractivity contribution in [1.29, 1.82) is 0 Å². The minimum Gasteiger partial charge on any atom is -0.469 e. The summed E-state index contributed by atoms with van der Waals surface area (Å²) in [5.41, 5.74) is -8.70. The quantitative estimate of drug-likeness (QED) is 0.117. The van der Waals surface area contributed by atoms with E-state index >= 15 is 0 Å². The molecule has 0 aromatic heterocycles. The van der Waals surface area contributed by atoms with Gasteiger partial charge in [0.25, 0.3) is 0 Å². The molecular formula is C45H62O16. The summed E-state index contributed by atoms with van der Waals surface area (Å²) in [6, 6.07) is 0. The van der Waals surface area contributed by atoms with Crippen molar-refractivity contribution in [3.63, 3.8) is 0 Å². The van der Waals surface area contributed by atoms with Gasteiger partial charge in [-0.2, -0.15) is 0 Å². The summed E-state index contributed by atoms with van der Waals surface area (Å²) >= 11 is 0. The van der Waals surface area contributed by atoms with E-state index in [2.05, 4.69) is 0 Å². The maximum Gasteiger partial charge on any atom is 0.333 e. The van der Waals surface area contributed by atoms with Crippen molar-refractivity contribution in [2.75, 3.05) is 20.8 Å². The lowest BCUT2D eigenvalue weighted by molar-refractivity contribution is -0.283. The fraction of sp³-hybridized carbons (Fsp3) is 0.733. The van der Waals surface area contributed by atoms with Crippen LogP contribution >= 0.6 is 0 Å². The van der Waals surface area contributed by atoms with Crippen LogP contribution in [0.15, 0.2) is 23.3 Å². The number of methoxy groups -OCH3 is 2. The van der Waals surface area contributed by atoms with Crippen LogP contribution in [0, 0.1) is 50.7 Å². The molecule has 1 heterocycles. The molecule has 0 N–H and O–H groups in total. The summed E-state index contributed by atoms with van der Waals surface area (Å²) in [6.45, 7) is 18.0. The molecule has 1 saturated heterocycles.